The molecule has 3 N–H and O–H groups in total. The van der Waals surface area contributed by atoms with Crippen molar-refractivity contribution in [3.63, 3.8) is 0 Å². The van der Waals surface area contributed by atoms with Crippen LogP contribution in [0.4, 0.5) is 5.95 Å². The van der Waals surface area contributed by atoms with E-state index in [9.17, 15) is 0 Å². The van der Waals surface area contributed by atoms with Gasteiger partial charge in [-0.15, -0.1) is 12.4 Å². The summed E-state index contributed by atoms with van der Waals surface area (Å²) < 4.78 is 0. The van der Waals surface area contributed by atoms with Gasteiger partial charge in [-0.05, 0) is 31.7 Å². The molecule has 1 aliphatic rings. The molecule has 1 aromatic heterocycles. The Hall–Kier alpha value is -0.870. The molecule has 0 bridgehead atoms. The van der Waals surface area contributed by atoms with Gasteiger partial charge in [0.15, 0.2) is 0 Å². The fourth-order valence-electron chi connectivity index (χ4n) is 1.82. The third-order valence-corrected chi connectivity index (χ3v) is 2.67. The second-order valence-corrected chi connectivity index (χ2v) is 3.83. The Labute approximate surface area is 96.1 Å². The Morgan fingerprint density at radius 1 is 1.13 bits per heavy atom. The molecular formula is C10H17ClN4. The molecule has 0 aromatic carbocycles. The van der Waals surface area contributed by atoms with E-state index in [-0.39, 0.29) is 12.4 Å². The second-order valence-electron chi connectivity index (χ2n) is 3.83. The minimum atomic E-state index is 0. The van der Waals surface area contributed by atoms with E-state index in [2.05, 4.69) is 15.3 Å². The second kappa shape index (κ2) is 5.88. The van der Waals surface area contributed by atoms with Crippen molar-refractivity contribution in [3.8, 4) is 0 Å². The Bertz CT molecular complexity index is 272. The number of halogens is 1. The summed E-state index contributed by atoms with van der Waals surface area (Å²) in [6, 6.07) is 2.71. The maximum atomic E-state index is 5.83. The number of hydrogen-bond donors (Lipinski definition) is 2. The summed E-state index contributed by atoms with van der Waals surface area (Å²) in [5, 5.41) is 3.32. The van der Waals surface area contributed by atoms with E-state index in [1.54, 1.807) is 12.4 Å². The predicted molar refractivity (Wildman–Crippen MR) is 63.1 cm³/mol. The average molecular weight is 229 g/mol. The molecule has 15 heavy (non-hydrogen) atoms. The summed E-state index contributed by atoms with van der Waals surface area (Å²) in [5.41, 5.74) is 5.83. The fourth-order valence-corrected chi connectivity index (χ4v) is 1.82. The lowest BCUT2D eigenvalue weighted by molar-refractivity contribution is 0.410. The van der Waals surface area contributed by atoms with Crippen molar-refractivity contribution in [2.75, 3.05) is 5.32 Å². The van der Waals surface area contributed by atoms with Crippen molar-refractivity contribution in [2.24, 2.45) is 5.73 Å². The van der Waals surface area contributed by atoms with Crippen LogP contribution in [0, 0.1) is 0 Å². The molecule has 5 heteroatoms. The molecule has 1 saturated carbocycles. The van der Waals surface area contributed by atoms with E-state index >= 15 is 0 Å². The normalized spacial score (nSPS) is 25.4. The van der Waals surface area contributed by atoms with Crippen molar-refractivity contribution in [3.05, 3.63) is 18.5 Å². The SMILES string of the molecule is Cl.NC1CCC(Nc2ncccn2)CC1. The molecule has 0 aliphatic heterocycles. The molecule has 1 heterocycles. The smallest absolute Gasteiger partial charge is 0.222 e. The molecule has 0 saturated heterocycles. The first-order valence-electron chi connectivity index (χ1n) is 5.14. The van der Waals surface area contributed by atoms with Crippen LogP contribution in [0.2, 0.25) is 0 Å². The van der Waals surface area contributed by atoms with Crippen LogP contribution < -0.4 is 11.1 Å². The maximum absolute atomic E-state index is 5.83. The van der Waals surface area contributed by atoms with Crippen LogP contribution >= 0.6 is 12.4 Å². The van der Waals surface area contributed by atoms with Gasteiger partial charge in [-0.3, -0.25) is 0 Å². The van der Waals surface area contributed by atoms with Gasteiger partial charge in [-0.2, -0.15) is 0 Å². The van der Waals surface area contributed by atoms with Gasteiger partial charge in [-0.1, -0.05) is 0 Å². The molecule has 0 radical (unpaired) electrons. The molecule has 1 aromatic rings. The topological polar surface area (TPSA) is 63.8 Å². The first-order valence-corrected chi connectivity index (χ1v) is 5.14. The molecule has 1 aliphatic carbocycles. The summed E-state index contributed by atoms with van der Waals surface area (Å²) in [7, 11) is 0. The predicted octanol–water partition coefficient (Wildman–Crippen LogP) is 1.58. The van der Waals surface area contributed by atoms with Crippen molar-refractivity contribution in [2.45, 2.75) is 37.8 Å². The molecule has 84 valence electrons. The van der Waals surface area contributed by atoms with Crippen LogP contribution in [0.15, 0.2) is 18.5 Å². The van der Waals surface area contributed by atoms with E-state index in [0.29, 0.717) is 12.1 Å². The zero-order valence-electron chi connectivity index (χ0n) is 8.60. The highest BCUT2D eigenvalue weighted by Crippen LogP contribution is 2.19. The fraction of sp³-hybridized carbons (Fsp3) is 0.600. The number of nitrogens with one attached hydrogen (secondary N) is 1. The highest BCUT2D eigenvalue weighted by atomic mass is 35.5. The highest BCUT2D eigenvalue weighted by molar-refractivity contribution is 5.85. The molecule has 0 atom stereocenters. The first-order chi connectivity index (χ1) is 6.84. The van der Waals surface area contributed by atoms with Crippen LogP contribution in [-0.4, -0.2) is 22.1 Å². The van der Waals surface area contributed by atoms with Crippen molar-refractivity contribution >= 4 is 18.4 Å². The quantitative estimate of drug-likeness (QED) is 0.807. The Balaban J connectivity index is 0.00000112. The van der Waals surface area contributed by atoms with E-state index in [4.69, 9.17) is 5.73 Å². The summed E-state index contributed by atoms with van der Waals surface area (Å²) >= 11 is 0. The van der Waals surface area contributed by atoms with E-state index in [1.165, 1.54) is 0 Å². The largest absolute Gasteiger partial charge is 0.351 e. The van der Waals surface area contributed by atoms with Gasteiger partial charge in [0.2, 0.25) is 5.95 Å². The average Bonchev–Trinajstić information content (AvgIpc) is 2.23. The highest BCUT2D eigenvalue weighted by Gasteiger charge is 2.18. The number of nitrogens with zero attached hydrogens (tertiary/aromatic N) is 2. The van der Waals surface area contributed by atoms with E-state index < -0.39 is 0 Å². The van der Waals surface area contributed by atoms with Gasteiger partial charge in [-0.25, -0.2) is 9.97 Å². The Kier molecular flexibility index (Phi) is 4.78. The molecule has 0 spiro atoms. The molecular weight excluding hydrogens is 212 g/mol. The van der Waals surface area contributed by atoms with Gasteiger partial charge in [0.25, 0.3) is 0 Å². The number of hydrogen-bond acceptors (Lipinski definition) is 4. The molecule has 0 amide bonds. The molecule has 0 unspecified atom stereocenters. The maximum Gasteiger partial charge on any atom is 0.222 e. The van der Waals surface area contributed by atoms with E-state index in [0.717, 1.165) is 31.6 Å². The summed E-state index contributed by atoms with van der Waals surface area (Å²) in [6.07, 6.45) is 7.96. The van der Waals surface area contributed by atoms with Gasteiger partial charge in [0.1, 0.15) is 0 Å². The third kappa shape index (κ3) is 3.64. The lowest BCUT2D eigenvalue weighted by Crippen LogP contribution is -2.33. The summed E-state index contributed by atoms with van der Waals surface area (Å²) in [4.78, 5) is 8.28. The van der Waals surface area contributed by atoms with Crippen molar-refractivity contribution in [1.82, 2.24) is 9.97 Å². The number of anilines is 1. The van der Waals surface area contributed by atoms with Gasteiger partial charge in [0, 0.05) is 24.5 Å². The first kappa shape index (κ1) is 12.2. The van der Waals surface area contributed by atoms with Crippen molar-refractivity contribution < 1.29 is 0 Å². The molecule has 4 nitrogen and oxygen atoms in total. The number of aromatic nitrogens is 2. The van der Waals surface area contributed by atoms with Crippen LogP contribution in [0.1, 0.15) is 25.7 Å². The zero-order valence-corrected chi connectivity index (χ0v) is 9.41. The van der Waals surface area contributed by atoms with Gasteiger partial charge < -0.3 is 11.1 Å². The van der Waals surface area contributed by atoms with Crippen LogP contribution in [0.3, 0.4) is 0 Å². The van der Waals surface area contributed by atoms with Crippen LogP contribution in [0.5, 0.6) is 0 Å². The number of nitrogens with two attached hydrogens (primary N) is 1. The summed E-state index contributed by atoms with van der Waals surface area (Å²) in [6.45, 7) is 0. The van der Waals surface area contributed by atoms with Gasteiger partial charge >= 0.3 is 0 Å². The zero-order chi connectivity index (χ0) is 9.80. The standard InChI is InChI=1S/C10H16N4.ClH/c11-8-2-4-9(5-3-8)14-10-12-6-1-7-13-10;/h1,6-9H,2-5,11H2,(H,12,13,14);1H. The lowest BCUT2D eigenvalue weighted by Gasteiger charge is -2.26. The van der Waals surface area contributed by atoms with E-state index in [1.807, 2.05) is 6.07 Å². The molecule has 1 fully saturated rings. The van der Waals surface area contributed by atoms with Crippen LogP contribution in [-0.2, 0) is 0 Å². The summed E-state index contributed by atoms with van der Waals surface area (Å²) in [5.74, 6) is 0.730. The van der Waals surface area contributed by atoms with Crippen molar-refractivity contribution in [1.29, 1.82) is 0 Å². The van der Waals surface area contributed by atoms with Crippen LogP contribution in [0.25, 0.3) is 0 Å². The Morgan fingerprint density at radius 2 is 1.73 bits per heavy atom. The third-order valence-electron chi connectivity index (χ3n) is 2.67. The minimum absolute atomic E-state index is 0. The minimum Gasteiger partial charge on any atom is -0.351 e. The van der Waals surface area contributed by atoms with Gasteiger partial charge in [0.05, 0.1) is 0 Å². The number of rotatable bonds is 2. The monoisotopic (exact) mass is 228 g/mol. The Morgan fingerprint density at radius 3 is 2.33 bits per heavy atom. The lowest BCUT2D eigenvalue weighted by atomic mass is 9.92. The molecule has 2 rings (SSSR count).